The Morgan fingerprint density at radius 2 is 1.81 bits per heavy atom. The van der Waals surface area contributed by atoms with Crippen molar-refractivity contribution >= 4 is 11.5 Å². The summed E-state index contributed by atoms with van der Waals surface area (Å²) in [5, 5.41) is 10.6. The third-order valence-electron chi connectivity index (χ3n) is 2.77. The fourth-order valence-electron chi connectivity index (χ4n) is 1.84. The van der Waals surface area contributed by atoms with Gasteiger partial charge in [0.05, 0.1) is 16.6 Å². The second-order valence-electron chi connectivity index (χ2n) is 4.27. The van der Waals surface area contributed by atoms with Gasteiger partial charge in [0.25, 0.3) is 0 Å². The monoisotopic (exact) mass is 295 g/mol. The van der Waals surface area contributed by atoms with E-state index in [1.807, 2.05) is 0 Å². The van der Waals surface area contributed by atoms with Crippen LogP contribution in [0.25, 0.3) is 0 Å². The molecular formula is C14H8F3NO3. The Kier molecular flexibility index (Phi) is 4.02. The van der Waals surface area contributed by atoms with E-state index < -0.39 is 45.8 Å². The highest BCUT2D eigenvalue weighted by molar-refractivity contribution is 5.98. The molecule has 2 aromatic carbocycles. The second kappa shape index (κ2) is 5.74. The van der Waals surface area contributed by atoms with Gasteiger partial charge in [0.15, 0.2) is 5.78 Å². The lowest BCUT2D eigenvalue weighted by molar-refractivity contribution is -0.387. The molecule has 0 N–H and O–H groups in total. The molecule has 0 heterocycles. The number of carbonyl (C=O) groups excluding carboxylic acids is 1. The fourth-order valence-corrected chi connectivity index (χ4v) is 1.84. The number of carbonyl (C=O) groups is 1. The van der Waals surface area contributed by atoms with E-state index in [2.05, 4.69) is 0 Å². The van der Waals surface area contributed by atoms with Crippen molar-refractivity contribution in [3.63, 3.8) is 0 Å². The van der Waals surface area contributed by atoms with E-state index in [1.165, 1.54) is 18.2 Å². The first-order valence-electron chi connectivity index (χ1n) is 5.79. The molecule has 0 radical (unpaired) electrons. The first-order valence-corrected chi connectivity index (χ1v) is 5.79. The van der Waals surface area contributed by atoms with Gasteiger partial charge in [-0.05, 0) is 23.8 Å². The third kappa shape index (κ3) is 3.25. The van der Waals surface area contributed by atoms with Crippen LogP contribution in [0, 0.1) is 27.6 Å². The zero-order chi connectivity index (χ0) is 15.6. The number of rotatable bonds is 4. The van der Waals surface area contributed by atoms with Crippen molar-refractivity contribution in [3.05, 3.63) is 75.1 Å². The number of halogens is 3. The summed E-state index contributed by atoms with van der Waals surface area (Å²) in [5.41, 5.74) is -1.59. The van der Waals surface area contributed by atoms with Gasteiger partial charge in [-0.1, -0.05) is 12.1 Å². The zero-order valence-corrected chi connectivity index (χ0v) is 10.5. The molecule has 0 spiro atoms. The largest absolute Gasteiger partial charge is 0.308 e. The van der Waals surface area contributed by atoms with E-state index in [0.29, 0.717) is 12.1 Å². The minimum absolute atomic E-state index is 0.256. The Bertz CT molecular complexity index is 731. The van der Waals surface area contributed by atoms with Crippen molar-refractivity contribution in [3.8, 4) is 0 Å². The topological polar surface area (TPSA) is 60.2 Å². The Morgan fingerprint density at radius 1 is 1.10 bits per heavy atom. The highest BCUT2D eigenvalue weighted by Gasteiger charge is 2.24. The molecule has 2 rings (SSSR count). The van der Waals surface area contributed by atoms with E-state index in [-0.39, 0.29) is 5.56 Å². The minimum Gasteiger partial charge on any atom is -0.294 e. The average Bonchev–Trinajstić information content (AvgIpc) is 2.40. The Balaban J connectivity index is 2.37. The van der Waals surface area contributed by atoms with Gasteiger partial charge >= 0.3 is 5.69 Å². The van der Waals surface area contributed by atoms with Crippen LogP contribution in [0.15, 0.2) is 36.4 Å². The molecule has 0 saturated carbocycles. The molecule has 0 aliphatic rings. The van der Waals surface area contributed by atoms with Crippen LogP contribution in [-0.2, 0) is 6.42 Å². The molecule has 0 atom stereocenters. The normalized spacial score (nSPS) is 10.4. The van der Waals surface area contributed by atoms with Crippen LogP contribution < -0.4 is 0 Å². The summed E-state index contributed by atoms with van der Waals surface area (Å²) in [6.07, 6.45) is -0.394. The molecule has 0 fully saturated rings. The number of benzene rings is 2. The predicted molar refractivity (Wildman–Crippen MR) is 67.4 cm³/mol. The van der Waals surface area contributed by atoms with E-state index in [1.54, 1.807) is 0 Å². The maximum absolute atomic E-state index is 13.8. The summed E-state index contributed by atoms with van der Waals surface area (Å²) in [4.78, 5) is 21.4. The van der Waals surface area contributed by atoms with E-state index in [9.17, 15) is 28.1 Å². The maximum Gasteiger partial charge on any atom is 0.308 e. The lowest BCUT2D eigenvalue weighted by atomic mass is 10.0. The van der Waals surface area contributed by atoms with E-state index in [0.717, 1.165) is 6.07 Å². The lowest BCUT2D eigenvalue weighted by Gasteiger charge is -2.04. The predicted octanol–water partition coefficient (Wildman–Crippen LogP) is 3.44. The molecule has 0 aliphatic heterocycles. The molecule has 0 amide bonds. The van der Waals surface area contributed by atoms with Gasteiger partial charge in [0.2, 0.25) is 5.82 Å². The molecule has 108 valence electrons. The van der Waals surface area contributed by atoms with Crippen LogP contribution in [0.5, 0.6) is 0 Å². The van der Waals surface area contributed by atoms with Crippen molar-refractivity contribution in [2.24, 2.45) is 0 Å². The van der Waals surface area contributed by atoms with Gasteiger partial charge in [-0.2, -0.15) is 4.39 Å². The second-order valence-corrected chi connectivity index (χ2v) is 4.27. The molecule has 0 unspecified atom stereocenters. The van der Waals surface area contributed by atoms with Crippen LogP contribution in [0.1, 0.15) is 15.9 Å². The highest BCUT2D eigenvalue weighted by Crippen LogP contribution is 2.23. The number of nitro groups is 1. The van der Waals surface area contributed by atoms with Crippen molar-refractivity contribution in [1.82, 2.24) is 0 Å². The summed E-state index contributed by atoms with van der Waals surface area (Å²) >= 11 is 0. The van der Waals surface area contributed by atoms with Gasteiger partial charge in [-0.3, -0.25) is 14.9 Å². The summed E-state index contributed by atoms with van der Waals surface area (Å²) < 4.78 is 40.1. The first-order chi connectivity index (χ1) is 9.88. The number of nitrogens with zero attached hydrogens (tertiary/aromatic N) is 1. The number of ketones is 1. The molecule has 0 aromatic heterocycles. The van der Waals surface area contributed by atoms with Crippen molar-refractivity contribution in [2.75, 3.05) is 0 Å². The number of Topliss-reactive ketones (excluding diaryl/α,β-unsaturated/α-hetero) is 1. The van der Waals surface area contributed by atoms with Gasteiger partial charge < -0.3 is 0 Å². The summed E-state index contributed by atoms with van der Waals surface area (Å²) in [6, 6.07) is 6.03. The third-order valence-corrected chi connectivity index (χ3v) is 2.77. The zero-order valence-electron chi connectivity index (χ0n) is 10.5. The molecule has 0 aliphatic carbocycles. The van der Waals surface area contributed by atoms with Gasteiger partial charge in [0, 0.05) is 6.42 Å². The SMILES string of the molecule is O=C(Cc1cccc(F)c1)c1cc(F)cc([N+](=O)[O-])c1F. The maximum atomic E-state index is 13.8. The number of hydrogen-bond acceptors (Lipinski definition) is 3. The van der Waals surface area contributed by atoms with E-state index in [4.69, 9.17) is 0 Å². The summed E-state index contributed by atoms with van der Waals surface area (Å²) in [5.74, 6) is -3.94. The molecule has 0 bridgehead atoms. The molecule has 4 nitrogen and oxygen atoms in total. The van der Waals surface area contributed by atoms with Crippen LogP contribution in [-0.4, -0.2) is 10.7 Å². The van der Waals surface area contributed by atoms with Crippen molar-refractivity contribution in [1.29, 1.82) is 0 Å². The summed E-state index contributed by atoms with van der Waals surface area (Å²) in [7, 11) is 0. The van der Waals surface area contributed by atoms with Gasteiger partial charge in [0.1, 0.15) is 11.6 Å². The molecule has 2 aromatic rings. The van der Waals surface area contributed by atoms with Crippen LogP contribution in [0.4, 0.5) is 18.9 Å². The highest BCUT2D eigenvalue weighted by atomic mass is 19.1. The Morgan fingerprint density at radius 3 is 2.43 bits per heavy atom. The van der Waals surface area contributed by atoms with Crippen LogP contribution in [0.3, 0.4) is 0 Å². The van der Waals surface area contributed by atoms with Crippen LogP contribution >= 0.6 is 0 Å². The minimum atomic E-state index is -1.40. The molecule has 21 heavy (non-hydrogen) atoms. The fraction of sp³-hybridized carbons (Fsp3) is 0.0714. The summed E-state index contributed by atoms with van der Waals surface area (Å²) in [6.45, 7) is 0. The van der Waals surface area contributed by atoms with Crippen molar-refractivity contribution in [2.45, 2.75) is 6.42 Å². The number of hydrogen-bond donors (Lipinski definition) is 0. The standard InChI is InChI=1S/C14H8F3NO3/c15-9-3-1-2-8(4-9)5-13(19)11-6-10(16)7-12(14(11)17)18(20)21/h1-4,6-7H,5H2. The first kappa shape index (κ1) is 14.7. The van der Waals surface area contributed by atoms with Crippen LogP contribution in [0.2, 0.25) is 0 Å². The molecular weight excluding hydrogens is 287 g/mol. The average molecular weight is 295 g/mol. The quantitative estimate of drug-likeness (QED) is 0.493. The smallest absolute Gasteiger partial charge is 0.294 e. The lowest BCUT2D eigenvalue weighted by Crippen LogP contribution is -2.09. The van der Waals surface area contributed by atoms with Gasteiger partial charge in [-0.15, -0.1) is 0 Å². The Hall–Kier alpha value is -2.70. The van der Waals surface area contributed by atoms with Crippen molar-refractivity contribution < 1.29 is 22.9 Å². The Labute approximate surface area is 117 Å². The molecule has 7 heteroatoms. The number of nitro benzene ring substituents is 1. The van der Waals surface area contributed by atoms with E-state index >= 15 is 0 Å². The van der Waals surface area contributed by atoms with Gasteiger partial charge in [-0.25, -0.2) is 8.78 Å². The molecule has 0 saturated heterocycles.